The lowest BCUT2D eigenvalue weighted by molar-refractivity contribution is -0.126. The molecule has 0 bridgehead atoms. The van der Waals surface area contributed by atoms with Gasteiger partial charge in [0.25, 0.3) is 5.91 Å². The van der Waals surface area contributed by atoms with E-state index in [1.54, 1.807) is 25.2 Å². The highest BCUT2D eigenvalue weighted by molar-refractivity contribution is 9.10. The van der Waals surface area contributed by atoms with Crippen LogP contribution >= 0.6 is 15.9 Å². The maximum absolute atomic E-state index is 12.2. The van der Waals surface area contributed by atoms with E-state index in [0.717, 1.165) is 5.69 Å². The van der Waals surface area contributed by atoms with E-state index in [1.165, 1.54) is 17.9 Å². The molecule has 1 amide bonds. The Hall–Kier alpha value is -2.08. The molecule has 0 radical (unpaired) electrons. The fourth-order valence-electron chi connectivity index (χ4n) is 1.74. The third kappa shape index (κ3) is 3.72. The summed E-state index contributed by atoms with van der Waals surface area (Å²) in [4.78, 5) is 25.5. The van der Waals surface area contributed by atoms with Gasteiger partial charge in [-0.05, 0) is 47.1 Å². The molecule has 1 heterocycles. The summed E-state index contributed by atoms with van der Waals surface area (Å²) < 4.78 is 10.6. The number of para-hydroxylation sites is 1. The van der Waals surface area contributed by atoms with E-state index in [1.807, 2.05) is 18.2 Å². The fraction of sp³-hybridized carbons (Fsp3) is 0.200. The number of rotatable bonds is 4. The number of nitrogens with zero attached hydrogens (tertiary/aromatic N) is 1. The number of furan rings is 1. The highest BCUT2D eigenvalue weighted by Crippen LogP contribution is 2.17. The van der Waals surface area contributed by atoms with Gasteiger partial charge in [-0.25, -0.2) is 4.79 Å². The molecule has 0 aliphatic heterocycles. The average Bonchev–Trinajstić information content (AvgIpc) is 2.93. The zero-order chi connectivity index (χ0) is 15.4. The van der Waals surface area contributed by atoms with Gasteiger partial charge in [0.15, 0.2) is 10.8 Å². The summed E-state index contributed by atoms with van der Waals surface area (Å²) in [6, 6.07) is 12.2. The number of esters is 1. The van der Waals surface area contributed by atoms with Crippen LogP contribution < -0.4 is 4.90 Å². The van der Waals surface area contributed by atoms with Crippen molar-refractivity contribution in [3.63, 3.8) is 0 Å². The lowest BCUT2D eigenvalue weighted by atomic mass is 10.2. The van der Waals surface area contributed by atoms with Gasteiger partial charge in [0.05, 0.1) is 0 Å². The molecular formula is C15H14BrNO4. The summed E-state index contributed by atoms with van der Waals surface area (Å²) in [6.45, 7) is 1.53. The SMILES string of the molecule is CC(OC(=O)c1ccc(Br)o1)C(=O)N(C)c1ccccc1. The average molecular weight is 352 g/mol. The Morgan fingerprint density at radius 3 is 2.43 bits per heavy atom. The van der Waals surface area contributed by atoms with Crippen LogP contribution in [-0.2, 0) is 9.53 Å². The Morgan fingerprint density at radius 2 is 1.86 bits per heavy atom. The second-order valence-corrected chi connectivity index (χ2v) is 5.17. The van der Waals surface area contributed by atoms with Crippen molar-refractivity contribution < 1.29 is 18.7 Å². The molecule has 0 aliphatic carbocycles. The van der Waals surface area contributed by atoms with Crippen molar-refractivity contribution in [1.29, 1.82) is 0 Å². The van der Waals surface area contributed by atoms with Crippen molar-refractivity contribution in [3.05, 3.63) is 52.9 Å². The lowest BCUT2D eigenvalue weighted by Gasteiger charge is -2.21. The van der Waals surface area contributed by atoms with Crippen LogP contribution in [0.3, 0.4) is 0 Å². The van der Waals surface area contributed by atoms with Gasteiger partial charge in [-0.3, -0.25) is 4.79 Å². The molecule has 2 aromatic rings. The van der Waals surface area contributed by atoms with Gasteiger partial charge in [0.1, 0.15) is 0 Å². The first kappa shape index (κ1) is 15.3. The number of ether oxygens (including phenoxy) is 1. The van der Waals surface area contributed by atoms with Crippen LogP contribution in [0.2, 0.25) is 0 Å². The molecule has 1 atom stereocenters. The number of carbonyl (C=O) groups excluding carboxylic acids is 2. The van der Waals surface area contributed by atoms with Gasteiger partial charge in [0, 0.05) is 12.7 Å². The Labute approximate surface area is 130 Å². The van der Waals surface area contributed by atoms with Crippen LogP contribution in [0.25, 0.3) is 0 Å². The first-order valence-electron chi connectivity index (χ1n) is 6.28. The van der Waals surface area contributed by atoms with E-state index >= 15 is 0 Å². The van der Waals surface area contributed by atoms with E-state index in [2.05, 4.69) is 15.9 Å². The molecule has 0 saturated carbocycles. The molecule has 6 heteroatoms. The fourth-order valence-corrected chi connectivity index (χ4v) is 2.05. The van der Waals surface area contributed by atoms with Crippen molar-refractivity contribution in [1.82, 2.24) is 0 Å². The monoisotopic (exact) mass is 351 g/mol. The number of benzene rings is 1. The second-order valence-electron chi connectivity index (χ2n) is 4.38. The molecule has 1 aromatic heterocycles. The van der Waals surface area contributed by atoms with Crippen molar-refractivity contribution >= 4 is 33.5 Å². The minimum absolute atomic E-state index is 0.0453. The molecule has 0 spiro atoms. The molecule has 2 rings (SSSR count). The zero-order valence-electron chi connectivity index (χ0n) is 11.6. The summed E-state index contributed by atoms with van der Waals surface area (Å²) in [5, 5.41) is 0. The van der Waals surface area contributed by atoms with Gasteiger partial charge < -0.3 is 14.1 Å². The van der Waals surface area contributed by atoms with Gasteiger partial charge in [-0.1, -0.05) is 18.2 Å². The number of carbonyl (C=O) groups is 2. The Kier molecular flexibility index (Phi) is 4.80. The molecule has 21 heavy (non-hydrogen) atoms. The third-order valence-electron chi connectivity index (χ3n) is 2.88. The molecule has 1 unspecified atom stereocenters. The van der Waals surface area contributed by atoms with Gasteiger partial charge in [-0.15, -0.1) is 0 Å². The van der Waals surface area contributed by atoms with Crippen molar-refractivity contribution in [2.24, 2.45) is 0 Å². The third-order valence-corrected chi connectivity index (χ3v) is 3.31. The zero-order valence-corrected chi connectivity index (χ0v) is 13.2. The van der Waals surface area contributed by atoms with Crippen molar-refractivity contribution in [2.45, 2.75) is 13.0 Å². The van der Waals surface area contributed by atoms with E-state index < -0.39 is 12.1 Å². The first-order valence-corrected chi connectivity index (χ1v) is 7.07. The smallest absolute Gasteiger partial charge is 0.375 e. The number of hydrogen-bond acceptors (Lipinski definition) is 4. The summed E-state index contributed by atoms with van der Waals surface area (Å²) in [5.74, 6) is -0.952. The normalized spacial score (nSPS) is 11.8. The number of amides is 1. The highest BCUT2D eigenvalue weighted by Gasteiger charge is 2.24. The predicted octanol–water partition coefficient (Wildman–Crippen LogP) is 3.25. The largest absolute Gasteiger partial charge is 0.447 e. The van der Waals surface area contributed by atoms with Gasteiger partial charge in [0.2, 0.25) is 5.76 Å². The first-order chi connectivity index (χ1) is 9.99. The molecule has 110 valence electrons. The standard InChI is InChI=1S/C15H14BrNO4/c1-10(20-15(19)12-8-9-13(16)21-12)14(18)17(2)11-6-4-3-5-7-11/h3-10H,1-2H3. The topological polar surface area (TPSA) is 59.8 Å². The summed E-state index contributed by atoms with van der Waals surface area (Å²) in [6.07, 6.45) is -0.911. The quantitative estimate of drug-likeness (QED) is 0.793. The van der Waals surface area contributed by atoms with Crippen molar-refractivity contribution in [3.8, 4) is 0 Å². The van der Waals surface area contributed by atoms with Crippen LogP contribution in [0.5, 0.6) is 0 Å². The molecule has 0 fully saturated rings. The molecule has 0 saturated heterocycles. The summed E-state index contributed by atoms with van der Waals surface area (Å²) in [5.41, 5.74) is 0.728. The summed E-state index contributed by atoms with van der Waals surface area (Å²) in [7, 11) is 1.63. The number of likely N-dealkylation sites (N-methyl/N-ethyl adjacent to an activating group) is 1. The van der Waals surface area contributed by atoms with Crippen LogP contribution in [0, 0.1) is 0 Å². The minimum atomic E-state index is -0.911. The Balaban J connectivity index is 2.01. The number of halogens is 1. The number of hydrogen-bond donors (Lipinski definition) is 0. The van der Waals surface area contributed by atoms with E-state index in [9.17, 15) is 9.59 Å². The molecular weight excluding hydrogens is 338 g/mol. The predicted molar refractivity (Wildman–Crippen MR) is 81.1 cm³/mol. The maximum Gasteiger partial charge on any atom is 0.375 e. The molecule has 0 N–H and O–H groups in total. The minimum Gasteiger partial charge on any atom is -0.447 e. The lowest BCUT2D eigenvalue weighted by Crippen LogP contribution is -2.37. The molecule has 5 nitrogen and oxygen atoms in total. The summed E-state index contributed by atoms with van der Waals surface area (Å²) >= 11 is 3.10. The van der Waals surface area contributed by atoms with E-state index in [4.69, 9.17) is 9.15 Å². The molecule has 0 aliphatic rings. The van der Waals surface area contributed by atoms with Crippen molar-refractivity contribution in [2.75, 3.05) is 11.9 Å². The van der Waals surface area contributed by atoms with E-state index in [0.29, 0.717) is 4.67 Å². The molecule has 1 aromatic carbocycles. The number of anilines is 1. The van der Waals surface area contributed by atoms with Crippen LogP contribution in [0.1, 0.15) is 17.5 Å². The van der Waals surface area contributed by atoms with Gasteiger partial charge >= 0.3 is 5.97 Å². The van der Waals surface area contributed by atoms with Crippen LogP contribution in [0.15, 0.2) is 51.6 Å². The van der Waals surface area contributed by atoms with Crippen LogP contribution in [-0.4, -0.2) is 25.0 Å². The Morgan fingerprint density at radius 1 is 1.19 bits per heavy atom. The second kappa shape index (κ2) is 6.58. The van der Waals surface area contributed by atoms with Crippen LogP contribution in [0.4, 0.5) is 5.69 Å². The van der Waals surface area contributed by atoms with Gasteiger partial charge in [-0.2, -0.15) is 0 Å². The Bertz CT molecular complexity index is 638. The maximum atomic E-state index is 12.2. The highest BCUT2D eigenvalue weighted by atomic mass is 79.9. The van der Waals surface area contributed by atoms with E-state index in [-0.39, 0.29) is 11.7 Å².